The molecule has 0 saturated heterocycles. The zero-order valence-electron chi connectivity index (χ0n) is 17.6. The fraction of sp³-hybridized carbons (Fsp3) is 0.682. The second kappa shape index (κ2) is 7.06. The van der Waals surface area contributed by atoms with E-state index in [1.165, 1.54) is 6.92 Å². The van der Waals surface area contributed by atoms with Crippen LogP contribution in [0.15, 0.2) is 22.5 Å². The van der Waals surface area contributed by atoms with Gasteiger partial charge in [-0.25, -0.2) is 0 Å². The minimum Gasteiger partial charge on any atom is -0.507 e. The molecule has 3 N–H and O–H groups in total. The monoisotopic (exact) mass is 406 g/mol. The van der Waals surface area contributed by atoms with E-state index in [0.717, 1.165) is 12.8 Å². The van der Waals surface area contributed by atoms with E-state index in [0.29, 0.717) is 6.42 Å². The molecule has 3 unspecified atom stereocenters. The molecule has 0 bridgehead atoms. The number of hydrogen-bond acceptors (Lipinski definition) is 7. The van der Waals surface area contributed by atoms with E-state index < -0.39 is 52.8 Å². The van der Waals surface area contributed by atoms with Gasteiger partial charge in [-0.15, -0.1) is 0 Å². The number of hydrogen-bond donors (Lipinski definition) is 3. The molecule has 0 aromatic heterocycles. The Morgan fingerprint density at radius 3 is 2.38 bits per heavy atom. The van der Waals surface area contributed by atoms with Crippen molar-refractivity contribution < 1.29 is 34.4 Å². The zero-order chi connectivity index (χ0) is 21.9. The summed E-state index contributed by atoms with van der Waals surface area (Å²) in [6.45, 7) is 8.44. The Labute approximate surface area is 170 Å². The van der Waals surface area contributed by atoms with Crippen LogP contribution in [0.1, 0.15) is 53.9 Å². The molecule has 160 valence electrons. The van der Waals surface area contributed by atoms with E-state index >= 15 is 0 Å². The van der Waals surface area contributed by atoms with Crippen molar-refractivity contribution >= 4 is 17.5 Å². The first kappa shape index (κ1) is 21.7. The average Bonchev–Trinajstić information content (AvgIpc) is 2.60. The summed E-state index contributed by atoms with van der Waals surface area (Å²) in [5.41, 5.74) is -1.29. The molecular weight excluding hydrogens is 376 g/mol. The number of Topliss-reactive ketones (excluding diaryl/α,β-unsaturated/α-hetero) is 2. The first-order valence-electron chi connectivity index (χ1n) is 10.1. The van der Waals surface area contributed by atoms with Crippen LogP contribution in [-0.2, 0) is 19.1 Å². The molecule has 1 fully saturated rings. The molecule has 0 aromatic carbocycles. The number of carbonyl (C=O) groups is 3. The smallest absolute Gasteiger partial charge is 0.302 e. The van der Waals surface area contributed by atoms with Crippen molar-refractivity contribution in [2.75, 3.05) is 6.61 Å². The minimum absolute atomic E-state index is 0.0526. The molecule has 3 aliphatic carbocycles. The fourth-order valence-electron chi connectivity index (χ4n) is 5.92. The van der Waals surface area contributed by atoms with Crippen molar-refractivity contribution in [1.29, 1.82) is 0 Å². The molecule has 0 spiro atoms. The highest BCUT2D eigenvalue weighted by Gasteiger charge is 2.61. The number of aliphatic hydroxyl groups excluding tert-OH is 3. The highest BCUT2D eigenvalue weighted by Crippen LogP contribution is 2.61. The van der Waals surface area contributed by atoms with Gasteiger partial charge in [0, 0.05) is 35.3 Å². The number of rotatable bonds is 3. The van der Waals surface area contributed by atoms with Gasteiger partial charge in [-0.3, -0.25) is 14.4 Å². The summed E-state index contributed by atoms with van der Waals surface area (Å²) < 4.78 is 4.93. The third-order valence-electron chi connectivity index (χ3n) is 7.06. The van der Waals surface area contributed by atoms with Gasteiger partial charge in [0.15, 0.2) is 0 Å². The second-order valence-electron chi connectivity index (χ2n) is 9.59. The summed E-state index contributed by atoms with van der Waals surface area (Å²) in [5, 5.41) is 32.8. The maximum absolute atomic E-state index is 13.2. The van der Waals surface area contributed by atoms with Crippen LogP contribution in [0, 0.1) is 22.7 Å². The lowest BCUT2D eigenvalue weighted by Gasteiger charge is -2.57. The molecule has 7 nitrogen and oxygen atoms in total. The second-order valence-corrected chi connectivity index (χ2v) is 9.59. The topological polar surface area (TPSA) is 121 Å². The lowest BCUT2D eigenvalue weighted by molar-refractivity contribution is -0.143. The van der Waals surface area contributed by atoms with Crippen molar-refractivity contribution in [2.24, 2.45) is 22.7 Å². The predicted molar refractivity (Wildman–Crippen MR) is 104 cm³/mol. The van der Waals surface area contributed by atoms with E-state index in [9.17, 15) is 29.7 Å². The van der Waals surface area contributed by atoms with Crippen LogP contribution >= 0.6 is 0 Å². The van der Waals surface area contributed by atoms with Gasteiger partial charge in [-0.2, -0.15) is 0 Å². The van der Waals surface area contributed by atoms with Crippen LogP contribution in [0.2, 0.25) is 0 Å². The molecular formula is C22H30O7. The molecule has 3 rings (SSSR count). The quantitative estimate of drug-likeness (QED) is 0.372. The lowest BCUT2D eigenvalue weighted by atomic mass is 9.47. The minimum atomic E-state index is -1.48. The summed E-state index contributed by atoms with van der Waals surface area (Å²) >= 11 is 0. The molecule has 0 aliphatic heterocycles. The van der Waals surface area contributed by atoms with Gasteiger partial charge < -0.3 is 20.1 Å². The van der Waals surface area contributed by atoms with E-state index in [1.807, 2.05) is 20.8 Å². The number of esters is 1. The molecule has 7 heteroatoms. The SMILES string of the molecule is CC(=O)OCC(C)C1=C(O)C2=C(C(=O)C1=O)[C@@]1(C)CCCC(C)(C)[C@H]1C(O)C2O. The maximum Gasteiger partial charge on any atom is 0.302 e. The van der Waals surface area contributed by atoms with Gasteiger partial charge in [0.25, 0.3) is 0 Å². The van der Waals surface area contributed by atoms with Gasteiger partial charge >= 0.3 is 5.97 Å². The predicted octanol–water partition coefficient (Wildman–Crippen LogP) is 2.01. The highest BCUT2D eigenvalue weighted by atomic mass is 16.5. The van der Waals surface area contributed by atoms with Crippen LogP contribution in [0.3, 0.4) is 0 Å². The summed E-state index contributed by atoms with van der Waals surface area (Å²) in [6, 6.07) is 0. The van der Waals surface area contributed by atoms with Crippen LogP contribution in [0.4, 0.5) is 0 Å². The van der Waals surface area contributed by atoms with E-state index in [-0.39, 0.29) is 28.7 Å². The third-order valence-corrected chi connectivity index (χ3v) is 7.06. The number of ketones is 2. The number of ether oxygens (including phenoxy) is 1. The summed E-state index contributed by atoms with van der Waals surface area (Å²) in [4.78, 5) is 37.3. The van der Waals surface area contributed by atoms with Crippen LogP contribution < -0.4 is 0 Å². The van der Waals surface area contributed by atoms with Crippen molar-refractivity contribution in [1.82, 2.24) is 0 Å². The van der Waals surface area contributed by atoms with E-state index in [2.05, 4.69) is 0 Å². The lowest BCUT2D eigenvalue weighted by Crippen LogP contribution is -2.59. The average molecular weight is 406 g/mol. The molecule has 1 saturated carbocycles. The number of allylic oxidation sites excluding steroid dienone is 1. The Morgan fingerprint density at radius 1 is 1.17 bits per heavy atom. The van der Waals surface area contributed by atoms with Crippen molar-refractivity contribution in [3.05, 3.63) is 22.5 Å². The summed E-state index contributed by atoms with van der Waals surface area (Å²) in [5.74, 6) is -3.77. The number of aliphatic hydroxyl groups is 3. The molecule has 0 heterocycles. The normalized spacial score (nSPS) is 35.2. The van der Waals surface area contributed by atoms with E-state index in [4.69, 9.17) is 4.74 Å². The van der Waals surface area contributed by atoms with Gasteiger partial charge in [-0.05, 0) is 18.3 Å². The third kappa shape index (κ3) is 3.15. The zero-order valence-corrected chi connectivity index (χ0v) is 17.6. The van der Waals surface area contributed by atoms with E-state index in [1.54, 1.807) is 6.92 Å². The standard InChI is InChI=1S/C22H30O7/c1-10(9-29-11(2)23)12-15(24)13-14(18(27)16(12)25)22(5)8-6-7-21(3,4)20(22)19(28)17(13)26/h10,17,19-20,24,26,28H,6-9H2,1-5H3/t10?,17?,19?,20-,22-/m1/s1. The summed E-state index contributed by atoms with van der Waals surface area (Å²) in [6.07, 6.45) is -0.445. The summed E-state index contributed by atoms with van der Waals surface area (Å²) in [7, 11) is 0. The molecule has 0 aromatic rings. The van der Waals surface area contributed by atoms with Gasteiger partial charge in [0.1, 0.15) is 11.9 Å². The molecule has 3 aliphatic rings. The fourth-order valence-corrected chi connectivity index (χ4v) is 5.92. The van der Waals surface area contributed by atoms with Crippen molar-refractivity contribution in [2.45, 2.75) is 66.1 Å². The van der Waals surface area contributed by atoms with Crippen LogP contribution in [0.5, 0.6) is 0 Å². The van der Waals surface area contributed by atoms with Crippen LogP contribution in [0.25, 0.3) is 0 Å². The number of carbonyl (C=O) groups excluding carboxylic acids is 3. The molecule has 29 heavy (non-hydrogen) atoms. The Morgan fingerprint density at radius 2 is 1.79 bits per heavy atom. The van der Waals surface area contributed by atoms with Gasteiger partial charge in [0.05, 0.1) is 18.3 Å². The Bertz CT molecular complexity index is 834. The van der Waals surface area contributed by atoms with Crippen LogP contribution in [-0.4, -0.2) is 51.7 Å². The first-order valence-corrected chi connectivity index (χ1v) is 10.1. The maximum atomic E-state index is 13.2. The Balaban J connectivity index is 2.19. The van der Waals surface area contributed by atoms with Crippen molar-refractivity contribution in [3.8, 4) is 0 Å². The Hall–Kier alpha value is -1.99. The largest absolute Gasteiger partial charge is 0.507 e. The Kier molecular flexibility index (Phi) is 5.28. The number of fused-ring (bicyclic) bond motifs is 2. The highest BCUT2D eigenvalue weighted by molar-refractivity contribution is 6.50. The first-order chi connectivity index (χ1) is 13.3. The van der Waals surface area contributed by atoms with Gasteiger partial charge in [-0.1, -0.05) is 34.1 Å². The molecule has 0 radical (unpaired) electrons. The van der Waals surface area contributed by atoms with Crippen molar-refractivity contribution in [3.63, 3.8) is 0 Å². The van der Waals surface area contributed by atoms with Gasteiger partial charge in [0.2, 0.25) is 11.6 Å². The molecule has 5 atom stereocenters. The molecule has 0 amide bonds.